The molecule has 0 aliphatic carbocycles. The fourth-order valence-electron chi connectivity index (χ4n) is 0.371. The van der Waals surface area contributed by atoms with Gasteiger partial charge in [-0.1, -0.05) is 0 Å². The van der Waals surface area contributed by atoms with E-state index in [-0.39, 0.29) is 0 Å². The second kappa shape index (κ2) is 6.28. The number of allylic oxidation sites excluding steroid dienone is 1. The van der Waals surface area contributed by atoms with Gasteiger partial charge in [-0.15, -0.1) is 5.73 Å². The fourth-order valence-corrected chi connectivity index (χ4v) is 0.371. The maximum Gasteiger partial charge on any atom is 0.0368 e. The maximum absolute atomic E-state index is 5.22. The number of hydrogen-bond acceptors (Lipinski definition) is 2. The van der Waals surface area contributed by atoms with Gasteiger partial charge in [0.1, 0.15) is 0 Å². The molecule has 2 nitrogen and oxygen atoms in total. The third-order valence-electron chi connectivity index (χ3n) is 0.767. The first-order valence-electron chi connectivity index (χ1n) is 2.73. The molecule has 2 heteroatoms. The quantitative estimate of drug-likeness (QED) is 0.409. The van der Waals surface area contributed by atoms with Gasteiger partial charge in [-0.3, -0.25) is 0 Å². The van der Waals surface area contributed by atoms with Gasteiger partial charge in [0.15, 0.2) is 0 Å². The normalized spacial score (nSPS) is 7.62. The highest BCUT2D eigenvalue weighted by molar-refractivity contribution is 4.80. The SMILES string of the molecule is NC=C=CCCCN. The lowest BCUT2D eigenvalue weighted by Crippen LogP contribution is -1.96. The molecule has 0 aliphatic rings. The Bertz CT molecular complexity index is 90.7. The zero-order chi connectivity index (χ0) is 6.24. The van der Waals surface area contributed by atoms with Crippen LogP contribution in [0.15, 0.2) is 18.0 Å². The first kappa shape index (κ1) is 7.28. The van der Waals surface area contributed by atoms with Crippen LogP contribution in [0.1, 0.15) is 12.8 Å². The van der Waals surface area contributed by atoms with Gasteiger partial charge < -0.3 is 11.5 Å². The van der Waals surface area contributed by atoms with Crippen molar-refractivity contribution in [3.63, 3.8) is 0 Å². The minimum atomic E-state index is 0.739. The Hall–Kier alpha value is -0.720. The van der Waals surface area contributed by atoms with Gasteiger partial charge in [0.05, 0.1) is 0 Å². The molecular formula is C6H12N2. The van der Waals surface area contributed by atoms with Crippen molar-refractivity contribution >= 4 is 0 Å². The zero-order valence-corrected chi connectivity index (χ0v) is 4.93. The molecule has 0 saturated carbocycles. The molecule has 0 amide bonds. The van der Waals surface area contributed by atoms with Crippen LogP contribution in [-0.2, 0) is 0 Å². The molecule has 8 heavy (non-hydrogen) atoms. The highest BCUT2D eigenvalue weighted by Gasteiger charge is 1.73. The standard InChI is InChI=1S/C6H12N2/c7-5-3-1-2-4-6-8/h1,5H,2,4,6-8H2. The van der Waals surface area contributed by atoms with Crippen molar-refractivity contribution < 1.29 is 0 Å². The topological polar surface area (TPSA) is 52.0 Å². The summed E-state index contributed by atoms with van der Waals surface area (Å²) in [5, 5.41) is 0. The van der Waals surface area contributed by atoms with Crippen LogP contribution in [0.4, 0.5) is 0 Å². The van der Waals surface area contributed by atoms with E-state index in [1.165, 1.54) is 6.20 Å². The molecule has 0 atom stereocenters. The lowest BCUT2D eigenvalue weighted by Gasteiger charge is -1.83. The van der Waals surface area contributed by atoms with Crippen molar-refractivity contribution in [2.75, 3.05) is 6.54 Å². The Kier molecular flexibility index (Phi) is 5.71. The molecule has 0 spiro atoms. The Morgan fingerprint density at radius 2 is 2.25 bits per heavy atom. The molecule has 0 radical (unpaired) electrons. The third-order valence-corrected chi connectivity index (χ3v) is 0.767. The first-order chi connectivity index (χ1) is 3.91. The molecule has 0 aromatic heterocycles. The molecule has 0 aromatic carbocycles. The van der Waals surface area contributed by atoms with E-state index in [1.54, 1.807) is 0 Å². The summed E-state index contributed by atoms with van der Waals surface area (Å²) >= 11 is 0. The van der Waals surface area contributed by atoms with E-state index >= 15 is 0 Å². The molecule has 0 fully saturated rings. The summed E-state index contributed by atoms with van der Waals surface area (Å²) in [7, 11) is 0. The van der Waals surface area contributed by atoms with Gasteiger partial charge in [-0.2, -0.15) is 0 Å². The minimum Gasteiger partial charge on any atom is -0.398 e. The van der Waals surface area contributed by atoms with Crippen LogP contribution in [0.3, 0.4) is 0 Å². The fraction of sp³-hybridized carbons (Fsp3) is 0.500. The Morgan fingerprint density at radius 1 is 1.50 bits per heavy atom. The van der Waals surface area contributed by atoms with Crippen molar-refractivity contribution in [1.82, 2.24) is 0 Å². The average Bonchev–Trinajstić information content (AvgIpc) is 1.81. The molecular weight excluding hydrogens is 100 g/mol. The smallest absolute Gasteiger partial charge is 0.0368 e. The highest BCUT2D eigenvalue weighted by atomic mass is 14.5. The predicted molar refractivity (Wildman–Crippen MR) is 35.1 cm³/mol. The zero-order valence-electron chi connectivity index (χ0n) is 4.93. The van der Waals surface area contributed by atoms with Crippen LogP contribution in [0, 0.1) is 0 Å². The van der Waals surface area contributed by atoms with E-state index in [0.29, 0.717) is 0 Å². The molecule has 0 aromatic rings. The van der Waals surface area contributed by atoms with Crippen LogP contribution < -0.4 is 11.5 Å². The maximum atomic E-state index is 5.22. The summed E-state index contributed by atoms with van der Waals surface area (Å²) in [5.74, 6) is 0. The van der Waals surface area contributed by atoms with Gasteiger partial charge in [0, 0.05) is 6.20 Å². The van der Waals surface area contributed by atoms with Crippen LogP contribution in [0.2, 0.25) is 0 Å². The van der Waals surface area contributed by atoms with Crippen molar-refractivity contribution in [3.8, 4) is 0 Å². The summed E-state index contributed by atoms with van der Waals surface area (Å²) in [5.41, 5.74) is 13.0. The van der Waals surface area contributed by atoms with Crippen molar-refractivity contribution in [2.45, 2.75) is 12.8 Å². The summed E-state index contributed by atoms with van der Waals surface area (Å²) in [6.45, 7) is 0.739. The monoisotopic (exact) mass is 112 g/mol. The van der Waals surface area contributed by atoms with Crippen LogP contribution in [0.5, 0.6) is 0 Å². The van der Waals surface area contributed by atoms with Gasteiger partial charge in [-0.05, 0) is 25.5 Å². The Morgan fingerprint density at radius 3 is 2.75 bits per heavy atom. The Labute approximate surface area is 49.9 Å². The number of unbranched alkanes of at least 4 members (excludes halogenated alkanes) is 1. The van der Waals surface area contributed by atoms with Crippen molar-refractivity contribution in [3.05, 3.63) is 18.0 Å². The number of nitrogens with two attached hydrogens (primary N) is 2. The molecule has 0 bridgehead atoms. The Balaban J connectivity index is 3.04. The molecule has 0 rings (SSSR count). The van der Waals surface area contributed by atoms with E-state index in [0.717, 1.165) is 19.4 Å². The van der Waals surface area contributed by atoms with Crippen molar-refractivity contribution in [1.29, 1.82) is 0 Å². The summed E-state index contributed by atoms with van der Waals surface area (Å²) in [4.78, 5) is 0. The minimum absolute atomic E-state index is 0.739. The molecule has 0 heterocycles. The lowest BCUT2D eigenvalue weighted by atomic mass is 10.3. The van der Waals surface area contributed by atoms with Crippen LogP contribution in [0.25, 0.3) is 0 Å². The number of hydrogen-bond donors (Lipinski definition) is 2. The van der Waals surface area contributed by atoms with Gasteiger partial charge >= 0.3 is 0 Å². The van der Waals surface area contributed by atoms with E-state index in [1.807, 2.05) is 6.08 Å². The third kappa shape index (κ3) is 5.28. The molecule has 4 N–H and O–H groups in total. The van der Waals surface area contributed by atoms with Crippen LogP contribution in [-0.4, -0.2) is 6.54 Å². The largest absolute Gasteiger partial charge is 0.398 e. The van der Waals surface area contributed by atoms with Crippen molar-refractivity contribution in [2.24, 2.45) is 11.5 Å². The molecule has 46 valence electrons. The van der Waals surface area contributed by atoms with Gasteiger partial charge in [-0.25, -0.2) is 0 Å². The molecule has 0 saturated heterocycles. The van der Waals surface area contributed by atoms with E-state index in [2.05, 4.69) is 5.73 Å². The lowest BCUT2D eigenvalue weighted by molar-refractivity contribution is 0.855. The average molecular weight is 112 g/mol. The van der Waals surface area contributed by atoms with Gasteiger partial charge in [0.25, 0.3) is 0 Å². The van der Waals surface area contributed by atoms with Gasteiger partial charge in [0.2, 0.25) is 0 Å². The van der Waals surface area contributed by atoms with E-state index in [9.17, 15) is 0 Å². The van der Waals surface area contributed by atoms with Crippen LogP contribution >= 0.6 is 0 Å². The first-order valence-corrected chi connectivity index (χ1v) is 2.73. The second-order valence-corrected chi connectivity index (χ2v) is 1.47. The second-order valence-electron chi connectivity index (χ2n) is 1.47. The summed E-state index contributed by atoms with van der Waals surface area (Å²) < 4.78 is 0. The summed E-state index contributed by atoms with van der Waals surface area (Å²) in [6, 6.07) is 0. The molecule has 0 aliphatic heterocycles. The van der Waals surface area contributed by atoms with E-state index in [4.69, 9.17) is 11.5 Å². The molecule has 0 unspecified atom stereocenters. The van der Waals surface area contributed by atoms with E-state index < -0.39 is 0 Å². The summed E-state index contributed by atoms with van der Waals surface area (Å²) in [6.07, 6.45) is 5.27. The highest BCUT2D eigenvalue weighted by Crippen LogP contribution is 1.83. The number of rotatable bonds is 3. The predicted octanol–water partition coefficient (Wildman–Crippen LogP) is 0.353.